The maximum Gasteiger partial charge on any atom is 0.416 e. The van der Waals surface area contributed by atoms with Gasteiger partial charge in [-0.2, -0.15) is 13.2 Å². The summed E-state index contributed by atoms with van der Waals surface area (Å²) in [4.78, 5) is 10.8. The van der Waals surface area contributed by atoms with Crippen molar-refractivity contribution in [3.05, 3.63) is 35.4 Å². The lowest BCUT2D eigenvalue weighted by Gasteiger charge is -2.26. The van der Waals surface area contributed by atoms with Crippen LogP contribution in [-0.4, -0.2) is 11.1 Å². The molecule has 104 valence electrons. The molecular formula is C14H15F3O2. The molecule has 0 heterocycles. The van der Waals surface area contributed by atoms with E-state index in [-0.39, 0.29) is 11.8 Å². The summed E-state index contributed by atoms with van der Waals surface area (Å²) < 4.78 is 37.9. The summed E-state index contributed by atoms with van der Waals surface area (Å²) in [5, 5.41) is 8.90. The fourth-order valence-corrected chi connectivity index (χ4v) is 2.64. The maximum absolute atomic E-state index is 12.6. The van der Waals surface area contributed by atoms with Gasteiger partial charge in [0, 0.05) is 0 Å². The molecule has 0 atom stereocenters. The fourth-order valence-electron chi connectivity index (χ4n) is 2.64. The summed E-state index contributed by atoms with van der Waals surface area (Å²) in [5.74, 6) is -1.11. The molecule has 1 aromatic carbocycles. The first-order chi connectivity index (χ1) is 8.88. The van der Waals surface area contributed by atoms with Crippen molar-refractivity contribution in [1.29, 1.82) is 0 Å². The Morgan fingerprint density at radius 1 is 1.16 bits per heavy atom. The largest absolute Gasteiger partial charge is 0.481 e. The first-order valence-electron chi connectivity index (χ1n) is 6.28. The monoisotopic (exact) mass is 272 g/mol. The summed E-state index contributed by atoms with van der Waals surface area (Å²) in [6, 6.07) is 5.36. The summed E-state index contributed by atoms with van der Waals surface area (Å²) in [5.41, 5.74) is 0.0315. The standard InChI is InChI=1S/C14H15F3O2/c15-14(16,17)12-3-1-2-11(8-12)9-4-6-10(7-5-9)13(18)19/h1-3,8-10H,4-7H2,(H,18,19). The molecule has 1 aliphatic rings. The highest BCUT2D eigenvalue weighted by Crippen LogP contribution is 2.38. The van der Waals surface area contributed by atoms with Gasteiger partial charge in [0.15, 0.2) is 0 Å². The van der Waals surface area contributed by atoms with E-state index in [4.69, 9.17) is 5.11 Å². The van der Waals surface area contributed by atoms with Gasteiger partial charge in [-0.05, 0) is 43.2 Å². The molecule has 0 radical (unpaired) electrons. The number of carbonyl (C=O) groups is 1. The van der Waals surface area contributed by atoms with E-state index < -0.39 is 17.7 Å². The molecule has 0 amide bonds. The lowest BCUT2D eigenvalue weighted by molar-refractivity contribution is -0.142. The highest BCUT2D eigenvalue weighted by Gasteiger charge is 2.32. The van der Waals surface area contributed by atoms with Crippen LogP contribution in [0.1, 0.15) is 42.7 Å². The van der Waals surface area contributed by atoms with E-state index >= 15 is 0 Å². The second-order valence-corrected chi connectivity index (χ2v) is 5.01. The van der Waals surface area contributed by atoms with Crippen molar-refractivity contribution in [3.63, 3.8) is 0 Å². The first kappa shape index (κ1) is 13.9. The zero-order valence-corrected chi connectivity index (χ0v) is 10.3. The average molecular weight is 272 g/mol. The molecule has 0 bridgehead atoms. The molecule has 1 N–H and O–H groups in total. The number of halogens is 3. The van der Waals surface area contributed by atoms with Crippen LogP contribution in [0.2, 0.25) is 0 Å². The molecule has 0 aliphatic heterocycles. The van der Waals surface area contributed by atoms with Gasteiger partial charge in [-0.1, -0.05) is 18.2 Å². The quantitative estimate of drug-likeness (QED) is 0.881. The van der Waals surface area contributed by atoms with Crippen LogP contribution < -0.4 is 0 Å². The Hall–Kier alpha value is -1.52. The third-order valence-corrected chi connectivity index (χ3v) is 3.76. The third kappa shape index (κ3) is 3.28. The molecule has 1 fully saturated rings. The van der Waals surface area contributed by atoms with E-state index in [0.29, 0.717) is 31.2 Å². The van der Waals surface area contributed by atoms with Crippen LogP contribution in [0.15, 0.2) is 24.3 Å². The maximum atomic E-state index is 12.6. The minimum absolute atomic E-state index is 0.0397. The zero-order chi connectivity index (χ0) is 14.0. The van der Waals surface area contributed by atoms with Crippen LogP contribution in [0.3, 0.4) is 0 Å². The molecule has 1 saturated carbocycles. The van der Waals surface area contributed by atoms with E-state index in [0.717, 1.165) is 6.07 Å². The number of aliphatic carboxylic acids is 1. The van der Waals surface area contributed by atoms with Gasteiger partial charge in [0.1, 0.15) is 0 Å². The molecule has 1 aromatic rings. The van der Waals surface area contributed by atoms with E-state index in [1.165, 1.54) is 12.1 Å². The lowest BCUT2D eigenvalue weighted by atomic mass is 9.78. The molecule has 0 unspecified atom stereocenters. The molecule has 19 heavy (non-hydrogen) atoms. The summed E-state index contributed by atoms with van der Waals surface area (Å²) in [6.45, 7) is 0. The van der Waals surface area contributed by atoms with Crippen molar-refractivity contribution in [2.24, 2.45) is 5.92 Å². The van der Waals surface area contributed by atoms with E-state index in [1.807, 2.05) is 0 Å². The summed E-state index contributed by atoms with van der Waals surface area (Å²) >= 11 is 0. The molecule has 0 saturated heterocycles. The SMILES string of the molecule is O=C(O)C1CCC(c2cccc(C(F)(F)F)c2)CC1. The Labute approximate surface area is 109 Å². The van der Waals surface area contributed by atoms with Gasteiger partial charge in [-0.15, -0.1) is 0 Å². The smallest absolute Gasteiger partial charge is 0.416 e. The average Bonchev–Trinajstić information content (AvgIpc) is 2.38. The molecule has 2 nitrogen and oxygen atoms in total. The first-order valence-corrected chi connectivity index (χ1v) is 6.28. The molecular weight excluding hydrogens is 257 g/mol. The van der Waals surface area contributed by atoms with Crippen molar-refractivity contribution in [2.75, 3.05) is 0 Å². The van der Waals surface area contributed by atoms with Crippen molar-refractivity contribution in [2.45, 2.75) is 37.8 Å². The van der Waals surface area contributed by atoms with Crippen molar-refractivity contribution in [3.8, 4) is 0 Å². The highest BCUT2D eigenvalue weighted by molar-refractivity contribution is 5.70. The summed E-state index contributed by atoms with van der Waals surface area (Å²) in [7, 11) is 0. The predicted molar refractivity (Wildman–Crippen MR) is 63.8 cm³/mol. The van der Waals surface area contributed by atoms with Crippen LogP contribution in [0.5, 0.6) is 0 Å². The van der Waals surface area contributed by atoms with Crippen LogP contribution in [-0.2, 0) is 11.0 Å². The van der Waals surface area contributed by atoms with Crippen molar-refractivity contribution in [1.82, 2.24) is 0 Å². The number of rotatable bonds is 2. The van der Waals surface area contributed by atoms with Crippen LogP contribution in [0, 0.1) is 5.92 Å². The van der Waals surface area contributed by atoms with E-state index in [9.17, 15) is 18.0 Å². The number of carboxylic acid groups (broad SMARTS) is 1. The fraction of sp³-hybridized carbons (Fsp3) is 0.500. The summed E-state index contributed by atoms with van der Waals surface area (Å²) in [6.07, 6.45) is -1.97. The topological polar surface area (TPSA) is 37.3 Å². The minimum Gasteiger partial charge on any atom is -0.481 e. The number of hydrogen-bond acceptors (Lipinski definition) is 1. The van der Waals surface area contributed by atoms with E-state index in [1.54, 1.807) is 6.07 Å². The van der Waals surface area contributed by atoms with Gasteiger partial charge in [0.05, 0.1) is 11.5 Å². The lowest BCUT2D eigenvalue weighted by Crippen LogP contribution is -2.20. The number of alkyl halides is 3. The van der Waals surface area contributed by atoms with Crippen LogP contribution in [0.25, 0.3) is 0 Å². The minimum atomic E-state index is -4.33. The second-order valence-electron chi connectivity index (χ2n) is 5.01. The Bertz CT molecular complexity index is 460. The Morgan fingerprint density at radius 3 is 2.32 bits per heavy atom. The van der Waals surface area contributed by atoms with Crippen molar-refractivity contribution < 1.29 is 23.1 Å². The molecule has 0 spiro atoms. The third-order valence-electron chi connectivity index (χ3n) is 3.76. The number of hydrogen-bond donors (Lipinski definition) is 1. The second kappa shape index (κ2) is 5.23. The molecule has 0 aromatic heterocycles. The highest BCUT2D eigenvalue weighted by atomic mass is 19.4. The van der Waals surface area contributed by atoms with Gasteiger partial charge in [0.25, 0.3) is 0 Å². The number of carboxylic acids is 1. The Balaban J connectivity index is 2.10. The zero-order valence-electron chi connectivity index (χ0n) is 10.3. The van der Waals surface area contributed by atoms with Gasteiger partial charge < -0.3 is 5.11 Å². The predicted octanol–water partition coefficient (Wildman–Crippen LogP) is 4.06. The van der Waals surface area contributed by atoms with E-state index in [2.05, 4.69) is 0 Å². The van der Waals surface area contributed by atoms with Crippen LogP contribution >= 0.6 is 0 Å². The van der Waals surface area contributed by atoms with Gasteiger partial charge >= 0.3 is 12.1 Å². The molecule has 5 heteroatoms. The van der Waals surface area contributed by atoms with Gasteiger partial charge in [-0.25, -0.2) is 0 Å². The Kier molecular flexibility index (Phi) is 3.83. The van der Waals surface area contributed by atoms with Crippen LogP contribution in [0.4, 0.5) is 13.2 Å². The molecule has 2 rings (SSSR count). The normalized spacial score (nSPS) is 24.2. The Morgan fingerprint density at radius 2 is 1.79 bits per heavy atom. The van der Waals surface area contributed by atoms with Crippen molar-refractivity contribution >= 4 is 5.97 Å². The number of benzene rings is 1. The van der Waals surface area contributed by atoms with Gasteiger partial charge in [0.2, 0.25) is 0 Å². The van der Waals surface area contributed by atoms with Gasteiger partial charge in [-0.3, -0.25) is 4.79 Å². The molecule has 1 aliphatic carbocycles.